The summed E-state index contributed by atoms with van der Waals surface area (Å²) in [6, 6.07) is 6.18. The molecule has 0 saturated carbocycles. The lowest BCUT2D eigenvalue weighted by molar-refractivity contribution is 0.0622. The van der Waals surface area contributed by atoms with E-state index in [0.29, 0.717) is 12.0 Å². The van der Waals surface area contributed by atoms with Crippen LogP contribution in [0.2, 0.25) is 0 Å². The maximum Gasteiger partial charge on any atom is 0.261 e. The van der Waals surface area contributed by atoms with Crippen molar-refractivity contribution in [3.8, 4) is 0 Å². The fourth-order valence-electron chi connectivity index (χ4n) is 3.35. The largest absolute Gasteiger partial charge is 0.347 e. The Morgan fingerprint density at radius 2 is 2.25 bits per heavy atom. The number of amides is 1. The number of pyridine rings is 1. The minimum atomic E-state index is 0.0618. The van der Waals surface area contributed by atoms with Crippen LogP contribution < -0.4 is 5.32 Å². The number of hydrogen-bond donors (Lipinski definition) is 1. The number of rotatable bonds is 2. The number of carbonyl (C=O) groups excluding carboxylic acids is 1. The zero-order valence-electron chi connectivity index (χ0n) is 11.2. The van der Waals surface area contributed by atoms with Crippen molar-refractivity contribution in [2.24, 2.45) is 5.92 Å². The Balaban J connectivity index is 1.52. The minimum Gasteiger partial charge on any atom is -0.347 e. The average Bonchev–Trinajstić information content (AvgIpc) is 2.92. The quantitative estimate of drug-likeness (QED) is 0.920. The maximum atomic E-state index is 12.4. The van der Waals surface area contributed by atoms with Crippen LogP contribution in [0, 0.1) is 5.92 Å². The van der Waals surface area contributed by atoms with Crippen molar-refractivity contribution in [1.82, 2.24) is 15.2 Å². The molecule has 0 unspecified atom stereocenters. The molecule has 104 valence electrons. The lowest BCUT2D eigenvalue weighted by Crippen LogP contribution is -2.57. The molecule has 3 aliphatic rings. The third-order valence-corrected chi connectivity index (χ3v) is 5.55. The van der Waals surface area contributed by atoms with E-state index < -0.39 is 0 Å². The molecule has 5 rings (SSSR count). The molecule has 2 aromatic heterocycles. The first kappa shape index (κ1) is 12.3. The Morgan fingerprint density at radius 1 is 1.40 bits per heavy atom. The number of nitrogens with one attached hydrogen (secondary N) is 1. The predicted octanol–water partition coefficient (Wildman–Crippen LogP) is 2.12. The molecule has 0 aromatic carbocycles. The van der Waals surface area contributed by atoms with Gasteiger partial charge in [0.1, 0.15) is 4.83 Å². The van der Waals surface area contributed by atoms with Crippen molar-refractivity contribution in [3.05, 3.63) is 29.3 Å². The second-order valence-corrected chi connectivity index (χ2v) is 6.76. The topological polar surface area (TPSA) is 45.2 Å². The van der Waals surface area contributed by atoms with Crippen LogP contribution in [-0.4, -0.2) is 41.5 Å². The van der Waals surface area contributed by atoms with E-state index in [2.05, 4.69) is 15.2 Å². The minimum absolute atomic E-state index is 0.0618. The van der Waals surface area contributed by atoms with Crippen molar-refractivity contribution < 1.29 is 4.79 Å². The molecule has 5 heteroatoms. The summed E-state index contributed by atoms with van der Waals surface area (Å²) in [5.74, 6) is 0.725. The monoisotopic (exact) mass is 287 g/mol. The summed E-state index contributed by atoms with van der Waals surface area (Å²) in [5, 5.41) is 4.28. The van der Waals surface area contributed by atoms with Crippen LogP contribution in [0.5, 0.6) is 0 Å². The number of carbonyl (C=O) groups is 1. The molecule has 0 radical (unpaired) electrons. The molecule has 1 N–H and O–H groups in total. The maximum absolute atomic E-state index is 12.4. The van der Waals surface area contributed by atoms with E-state index in [4.69, 9.17) is 0 Å². The first-order valence-electron chi connectivity index (χ1n) is 7.17. The molecule has 0 aliphatic carbocycles. The molecule has 1 amide bonds. The summed E-state index contributed by atoms with van der Waals surface area (Å²) in [7, 11) is 0. The third-order valence-electron chi connectivity index (χ3n) is 4.49. The van der Waals surface area contributed by atoms with Gasteiger partial charge in [-0.25, -0.2) is 4.98 Å². The lowest BCUT2D eigenvalue weighted by Gasteiger charge is -2.44. The van der Waals surface area contributed by atoms with Gasteiger partial charge in [0.15, 0.2) is 0 Å². The lowest BCUT2D eigenvalue weighted by atomic mass is 9.84. The zero-order valence-corrected chi connectivity index (χ0v) is 12.0. The van der Waals surface area contributed by atoms with Gasteiger partial charge in [0.25, 0.3) is 5.91 Å². The third kappa shape index (κ3) is 2.11. The number of thiophene rings is 1. The first-order valence-corrected chi connectivity index (χ1v) is 7.99. The smallest absolute Gasteiger partial charge is 0.261 e. The van der Waals surface area contributed by atoms with Crippen LogP contribution in [0.4, 0.5) is 0 Å². The Morgan fingerprint density at radius 3 is 2.95 bits per heavy atom. The van der Waals surface area contributed by atoms with Crippen LogP contribution in [0.1, 0.15) is 22.5 Å². The Bertz CT molecular complexity index is 612. The van der Waals surface area contributed by atoms with Gasteiger partial charge in [-0.2, -0.15) is 0 Å². The number of aromatic nitrogens is 1. The van der Waals surface area contributed by atoms with Gasteiger partial charge in [-0.1, -0.05) is 6.07 Å². The number of hydrogen-bond acceptors (Lipinski definition) is 4. The van der Waals surface area contributed by atoms with Gasteiger partial charge >= 0.3 is 0 Å². The van der Waals surface area contributed by atoms with Crippen LogP contribution in [-0.2, 0) is 0 Å². The van der Waals surface area contributed by atoms with Crippen LogP contribution in [0.15, 0.2) is 24.4 Å². The molecule has 2 aromatic rings. The number of piperidine rings is 3. The van der Waals surface area contributed by atoms with E-state index in [9.17, 15) is 4.79 Å². The number of fused-ring (bicyclic) bond motifs is 4. The molecule has 3 saturated heterocycles. The summed E-state index contributed by atoms with van der Waals surface area (Å²) < 4.78 is 0. The van der Waals surface area contributed by atoms with E-state index in [0.717, 1.165) is 21.6 Å². The molecule has 3 aliphatic heterocycles. The molecule has 4 nitrogen and oxygen atoms in total. The summed E-state index contributed by atoms with van der Waals surface area (Å²) in [6.45, 7) is 3.41. The van der Waals surface area contributed by atoms with Gasteiger partial charge in [0, 0.05) is 24.2 Å². The molecule has 1 atom stereocenters. The van der Waals surface area contributed by atoms with Crippen LogP contribution in [0.3, 0.4) is 0 Å². The van der Waals surface area contributed by atoms with Crippen molar-refractivity contribution in [1.29, 1.82) is 0 Å². The van der Waals surface area contributed by atoms with Crippen LogP contribution >= 0.6 is 11.3 Å². The summed E-state index contributed by atoms with van der Waals surface area (Å²) in [4.78, 5) is 20.9. The van der Waals surface area contributed by atoms with Crippen molar-refractivity contribution >= 4 is 27.5 Å². The molecule has 2 bridgehead atoms. The second kappa shape index (κ2) is 4.82. The SMILES string of the molecule is O=C(N[C@@H]1CN2CCC1CC2)c1cc2cccnc2s1. The van der Waals surface area contributed by atoms with E-state index in [1.807, 2.05) is 18.2 Å². The number of nitrogens with zero attached hydrogens (tertiary/aromatic N) is 2. The molecule has 5 heterocycles. The van der Waals surface area contributed by atoms with E-state index in [1.165, 1.54) is 37.3 Å². The average molecular weight is 287 g/mol. The van der Waals surface area contributed by atoms with Gasteiger partial charge in [0.05, 0.1) is 4.88 Å². The second-order valence-electron chi connectivity index (χ2n) is 5.73. The van der Waals surface area contributed by atoms with E-state index in [1.54, 1.807) is 6.20 Å². The van der Waals surface area contributed by atoms with E-state index in [-0.39, 0.29) is 5.91 Å². The summed E-state index contributed by atoms with van der Waals surface area (Å²) >= 11 is 1.48. The fraction of sp³-hybridized carbons (Fsp3) is 0.467. The summed E-state index contributed by atoms with van der Waals surface area (Å²) in [5.41, 5.74) is 0. The standard InChI is InChI=1S/C15H17N3OS/c19-14(13-8-11-2-1-5-16-15(11)20-13)17-12-9-18-6-3-10(12)4-7-18/h1-2,5,8,10,12H,3-4,6-7,9H2,(H,17,19)/t12-/m1/s1. The van der Waals surface area contributed by atoms with Gasteiger partial charge in [-0.05, 0) is 44.0 Å². The molecule has 3 fully saturated rings. The first-order chi connectivity index (χ1) is 9.79. The summed E-state index contributed by atoms with van der Waals surface area (Å²) in [6.07, 6.45) is 4.21. The molecular formula is C15H17N3OS. The predicted molar refractivity (Wildman–Crippen MR) is 80.0 cm³/mol. The van der Waals surface area contributed by atoms with Gasteiger partial charge in [-0.3, -0.25) is 4.79 Å². The highest BCUT2D eigenvalue weighted by Crippen LogP contribution is 2.28. The Labute approximate surface area is 121 Å². The molecule has 0 spiro atoms. The van der Waals surface area contributed by atoms with E-state index >= 15 is 0 Å². The normalized spacial score (nSPS) is 28.7. The Kier molecular flexibility index (Phi) is 2.97. The highest BCUT2D eigenvalue weighted by atomic mass is 32.1. The van der Waals surface area contributed by atoms with Crippen molar-refractivity contribution in [2.45, 2.75) is 18.9 Å². The zero-order chi connectivity index (χ0) is 13.5. The van der Waals surface area contributed by atoms with Crippen LogP contribution in [0.25, 0.3) is 10.2 Å². The highest BCUT2D eigenvalue weighted by molar-refractivity contribution is 7.20. The van der Waals surface area contributed by atoms with Gasteiger partial charge < -0.3 is 10.2 Å². The Hall–Kier alpha value is -1.46. The van der Waals surface area contributed by atoms with Crippen molar-refractivity contribution in [3.63, 3.8) is 0 Å². The highest BCUT2D eigenvalue weighted by Gasteiger charge is 2.35. The van der Waals surface area contributed by atoms with Gasteiger partial charge in [-0.15, -0.1) is 11.3 Å². The van der Waals surface area contributed by atoms with Gasteiger partial charge in [0.2, 0.25) is 0 Å². The molecular weight excluding hydrogens is 270 g/mol. The van der Waals surface area contributed by atoms with Crippen molar-refractivity contribution in [2.75, 3.05) is 19.6 Å². The molecule has 20 heavy (non-hydrogen) atoms. The fourth-order valence-corrected chi connectivity index (χ4v) is 4.26.